The lowest BCUT2D eigenvalue weighted by molar-refractivity contribution is 0.0523. The standard InChI is InChI=1S/C24H27ClN4O3/c1-24(2,3)32-23(31)27-14-15-5-11-20(28-22(15)26)19-13-18(10-12-21(19)30)29(4)17-8-6-16(25)7-9-17/h5-13,30H,14H2,1-4H3,(H2,26,28)(H,27,31). The molecule has 7 nitrogen and oxygen atoms in total. The predicted octanol–water partition coefficient (Wildman–Crippen LogP) is 5.48. The molecule has 168 valence electrons. The Hall–Kier alpha value is -3.45. The zero-order valence-corrected chi connectivity index (χ0v) is 19.3. The summed E-state index contributed by atoms with van der Waals surface area (Å²) in [6, 6.07) is 16.3. The average molecular weight is 455 g/mol. The number of phenols is 1. The maximum Gasteiger partial charge on any atom is 0.407 e. The number of aromatic hydroxyl groups is 1. The van der Waals surface area contributed by atoms with Crippen LogP contribution >= 0.6 is 11.6 Å². The third-order valence-electron chi connectivity index (χ3n) is 4.69. The van der Waals surface area contributed by atoms with E-state index in [0.717, 1.165) is 11.4 Å². The SMILES string of the molecule is CN(c1ccc(Cl)cc1)c1ccc(O)c(-c2ccc(CNC(=O)OC(C)(C)C)c(N)n2)c1. The van der Waals surface area contributed by atoms with Crippen LogP contribution in [-0.2, 0) is 11.3 Å². The summed E-state index contributed by atoms with van der Waals surface area (Å²) in [7, 11) is 1.92. The van der Waals surface area contributed by atoms with Crippen LogP contribution in [-0.4, -0.2) is 28.8 Å². The highest BCUT2D eigenvalue weighted by Gasteiger charge is 2.17. The number of ether oxygens (including phenoxy) is 1. The van der Waals surface area contributed by atoms with Crippen molar-refractivity contribution in [3.63, 3.8) is 0 Å². The number of carbonyl (C=O) groups is 1. The first-order valence-corrected chi connectivity index (χ1v) is 10.5. The second kappa shape index (κ2) is 9.36. The lowest BCUT2D eigenvalue weighted by Crippen LogP contribution is -2.32. The molecule has 1 heterocycles. The molecule has 0 aliphatic rings. The third-order valence-corrected chi connectivity index (χ3v) is 4.94. The van der Waals surface area contributed by atoms with E-state index in [1.54, 1.807) is 39.0 Å². The molecule has 0 radical (unpaired) electrons. The summed E-state index contributed by atoms with van der Waals surface area (Å²) < 4.78 is 5.23. The van der Waals surface area contributed by atoms with Gasteiger partial charge in [-0.05, 0) is 69.3 Å². The minimum absolute atomic E-state index is 0.0878. The second-order valence-corrected chi connectivity index (χ2v) is 8.77. The molecule has 8 heteroatoms. The molecule has 0 atom stereocenters. The summed E-state index contributed by atoms with van der Waals surface area (Å²) >= 11 is 5.98. The molecule has 0 saturated carbocycles. The lowest BCUT2D eigenvalue weighted by Gasteiger charge is -2.21. The fourth-order valence-electron chi connectivity index (χ4n) is 3.04. The Labute approximate surface area is 192 Å². The summed E-state index contributed by atoms with van der Waals surface area (Å²) in [6.07, 6.45) is -0.531. The fraction of sp³-hybridized carbons (Fsp3) is 0.250. The Bertz CT molecular complexity index is 1110. The maximum absolute atomic E-state index is 11.9. The first-order valence-electron chi connectivity index (χ1n) is 10.1. The van der Waals surface area contributed by atoms with E-state index < -0.39 is 11.7 Å². The number of nitrogen functional groups attached to an aromatic ring is 1. The fourth-order valence-corrected chi connectivity index (χ4v) is 3.16. The zero-order chi connectivity index (χ0) is 23.5. The Morgan fingerprint density at radius 3 is 2.41 bits per heavy atom. The molecule has 0 aliphatic heterocycles. The molecule has 3 aromatic rings. The normalized spacial score (nSPS) is 11.2. The molecule has 4 N–H and O–H groups in total. The van der Waals surface area contributed by atoms with Crippen molar-refractivity contribution in [3.8, 4) is 17.0 Å². The number of rotatable bonds is 5. The van der Waals surface area contributed by atoms with Crippen molar-refractivity contribution in [2.75, 3.05) is 17.7 Å². The van der Waals surface area contributed by atoms with Crippen LogP contribution < -0.4 is 16.0 Å². The molecule has 0 unspecified atom stereocenters. The van der Waals surface area contributed by atoms with Gasteiger partial charge in [0, 0.05) is 41.1 Å². The van der Waals surface area contributed by atoms with Gasteiger partial charge >= 0.3 is 6.09 Å². The van der Waals surface area contributed by atoms with E-state index in [1.165, 1.54) is 0 Å². The van der Waals surface area contributed by atoms with Gasteiger partial charge in [-0.3, -0.25) is 0 Å². The number of aromatic nitrogens is 1. The molecule has 0 saturated heterocycles. The van der Waals surface area contributed by atoms with Crippen molar-refractivity contribution in [2.24, 2.45) is 0 Å². The Kier molecular flexibility index (Phi) is 6.79. The van der Waals surface area contributed by atoms with Crippen LogP contribution in [0.2, 0.25) is 5.02 Å². The predicted molar refractivity (Wildman–Crippen MR) is 128 cm³/mol. The molecule has 0 spiro atoms. The Morgan fingerprint density at radius 1 is 1.12 bits per heavy atom. The average Bonchev–Trinajstić information content (AvgIpc) is 2.72. The number of phenolic OH excluding ortho intramolecular Hbond substituents is 1. The van der Waals surface area contributed by atoms with Gasteiger partial charge in [-0.25, -0.2) is 9.78 Å². The van der Waals surface area contributed by atoms with E-state index in [4.69, 9.17) is 22.1 Å². The number of alkyl carbamates (subject to hydrolysis) is 1. The largest absolute Gasteiger partial charge is 0.507 e. The van der Waals surface area contributed by atoms with E-state index in [1.807, 2.05) is 48.3 Å². The first kappa shape index (κ1) is 23.2. The first-order chi connectivity index (χ1) is 15.0. The van der Waals surface area contributed by atoms with Crippen LogP contribution in [0.1, 0.15) is 26.3 Å². The van der Waals surface area contributed by atoms with Gasteiger partial charge < -0.3 is 25.8 Å². The smallest absolute Gasteiger partial charge is 0.407 e. The number of hydrogen-bond acceptors (Lipinski definition) is 6. The number of nitrogens with two attached hydrogens (primary N) is 1. The molecular weight excluding hydrogens is 428 g/mol. The van der Waals surface area contributed by atoms with Crippen LogP contribution in [0, 0.1) is 0 Å². The van der Waals surface area contributed by atoms with Crippen molar-refractivity contribution < 1.29 is 14.6 Å². The van der Waals surface area contributed by atoms with Gasteiger partial charge in [-0.15, -0.1) is 0 Å². The number of nitrogens with one attached hydrogen (secondary N) is 1. The van der Waals surface area contributed by atoms with Gasteiger partial charge in [0.15, 0.2) is 0 Å². The number of halogens is 1. The topological polar surface area (TPSA) is 101 Å². The molecular formula is C24H27ClN4O3. The van der Waals surface area contributed by atoms with Crippen LogP contribution in [0.15, 0.2) is 54.6 Å². The van der Waals surface area contributed by atoms with Crippen LogP contribution in [0.4, 0.5) is 22.0 Å². The molecule has 0 aliphatic carbocycles. The van der Waals surface area contributed by atoms with Gasteiger partial charge in [-0.1, -0.05) is 17.7 Å². The van der Waals surface area contributed by atoms with E-state index in [2.05, 4.69) is 10.3 Å². The van der Waals surface area contributed by atoms with Gasteiger partial charge in [0.25, 0.3) is 0 Å². The number of carbonyl (C=O) groups excluding carboxylic acids is 1. The summed E-state index contributed by atoms with van der Waals surface area (Å²) in [4.78, 5) is 18.3. The van der Waals surface area contributed by atoms with Crippen molar-refractivity contribution >= 4 is 34.9 Å². The maximum atomic E-state index is 11.9. The summed E-state index contributed by atoms with van der Waals surface area (Å²) in [5.41, 5.74) is 9.05. The minimum Gasteiger partial charge on any atom is -0.507 e. The van der Waals surface area contributed by atoms with Crippen LogP contribution in [0.5, 0.6) is 5.75 Å². The van der Waals surface area contributed by atoms with Crippen molar-refractivity contribution in [1.82, 2.24) is 10.3 Å². The quantitative estimate of drug-likeness (QED) is 0.471. The molecule has 0 fully saturated rings. The number of nitrogens with zero attached hydrogens (tertiary/aromatic N) is 2. The number of hydrogen-bond donors (Lipinski definition) is 3. The number of anilines is 3. The highest BCUT2D eigenvalue weighted by molar-refractivity contribution is 6.30. The molecule has 0 bridgehead atoms. The Morgan fingerprint density at radius 2 is 1.78 bits per heavy atom. The van der Waals surface area contributed by atoms with Crippen LogP contribution in [0.3, 0.4) is 0 Å². The highest BCUT2D eigenvalue weighted by atomic mass is 35.5. The number of pyridine rings is 1. The van der Waals surface area contributed by atoms with E-state index >= 15 is 0 Å². The number of benzene rings is 2. The van der Waals surface area contributed by atoms with Gasteiger partial charge in [-0.2, -0.15) is 0 Å². The van der Waals surface area contributed by atoms with Gasteiger partial charge in [0.05, 0.1) is 5.69 Å². The zero-order valence-electron chi connectivity index (χ0n) is 18.5. The third kappa shape index (κ3) is 5.82. The molecule has 32 heavy (non-hydrogen) atoms. The van der Waals surface area contributed by atoms with Crippen LogP contribution in [0.25, 0.3) is 11.3 Å². The van der Waals surface area contributed by atoms with E-state index in [9.17, 15) is 9.90 Å². The Balaban J connectivity index is 1.80. The monoisotopic (exact) mass is 454 g/mol. The summed E-state index contributed by atoms with van der Waals surface area (Å²) in [5, 5.41) is 13.8. The van der Waals surface area contributed by atoms with Crippen molar-refractivity contribution in [2.45, 2.75) is 32.9 Å². The summed E-state index contributed by atoms with van der Waals surface area (Å²) in [5.74, 6) is 0.346. The van der Waals surface area contributed by atoms with Crippen molar-refractivity contribution in [1.29, 1.82) is 0 Å². The van der Waals surface area contributed by atoms with Crippen molar-refractivity contribution in [3.05, 3.63) is 65.2 Å². The molecule has 2 aromatic carbocycles. The highest BCUT2D eigenvalue weighted by Crippen LogP contribution is 2.35. The van der Waals surface area contributed by atoms with E-state index in [0.29, 0.717) is 21.8 Å². The minimum atomic E-state index is -0.584. The molecule has 1 amide bonds. The van der Waals surface area contributed by atoms with Gasteiger partial charge in [0.2, 0.25) is 0 Å². The molecule has 3 rings (SSSR count). The second-order valence-electron chi connectivity index (χ2n) is 8.33. The molecule has 1 aromatic heterocycles. The van der Waals surface area contributed by atoms with Gasteiger partial charge in [0.1, 0.15) is 17.2 Å². The lowest BCUT2D eigenvalue weighted by atomic mass is 10.1. The van der Waals surface area contributed by atoms with E-state index in [-0.39, 0.29) is 18.1 Å². The summed E-state index contributed by atoms with van der Waals surface area (Å²) in [6.45, 7) is 5.56. The number of amides is 1.